The van der Waals surface area contributed by atoms with Crippen LogP contribution in [0, 0.1) is 6.92 Å². The van der Waals surface area contributed by atoms with Crippen molar-refractivity contribution in [2.75, 3.05) is 19.0 Å². The van der Waals surface area contributed by atoms with Gasteiger partial charge in [-0.05, 0) is 6.92 Å². The lowest BCUT2D eigenvalue weighted by Crippen LogP contribution is -1.96. The van der Waals surface area contributed by atoms with Gasteiger partial charge >= 0.3 is 23.5 Å². The molecule has 0 atom stereocenters. The number of aromatic nitrogens is 3. The van der Waals surface area contributed by atoms with Crippen LogP contribution in [0.2, 0.25) is 0 Å². The van der Waals surface area contributed by atoms with Crippen LogP contribution in [0.15, 0.2) is 17.9 Å². The van der Waals surface area contributed by atoms with Crippen molar-refractivity contribution in [3.05, 3.63) is 34.0 Å². The summed E-state index contributed by atoms with van der Waals surface area (Å²) in [6.45, 7) is 1.86. The number of phosphoric acid groups is 3. The molecule has 0 bridgehead atoms. The fourth-order valence-corrected chi connectivity index (χ4v) is 2.48. The lowest BCUT2D eigenvalue weighted by molar-refractivity contribution is 0.199. The number of thiazole rings is 1. The molecule has 2 heterocycles. The molecule has 0 radical (unpaired) electrons. The quantitative estimate of drug-likeness (QED) is 0.195. The second-order valence-corrected chi connectivity index (χ2v) is 9.52. The third-order valence-corrected chi connectivity index (χ3v) is 4.06. The highest BCUT2D eigenvalue weighted by molar-refractivity contribution is 7.46. The summed E-state index contributed by atoms with van der Waals surface area (Å²) in [6, 6.07) is 0. The average Bonchev–Trinajstić information content (AvgIpc) is 3.03. The molecule has 0 aliphatic carbocycles. The van der Waals surface area contributed by atoms with Gasteiger partial charge in [-0.3, -0.25) is 4.52 Å². The van der Waals surface area contributed by atoms with E-state index < -0.39 is 23.5 Å². The summed E-state index contributed by atoms with van der Waals surface area (Å²) in [5.74, 6) is 0.567. The number of hydrogen-bond donors (Lipinski definition) is 10. The van der Waals surface area contributed by atoms with Gasteiger partial charge in [0.2, 0.25) is 5.95 Å². The number of aryl methyl sites for hydroxylation is 1. The Kier molecular flexibility index (Phi) is 16.9. The van der Waals surface area contributed by atoms with Crippen LogP contribution >= 0.6 is 34.8 Å². The molecule has 17 nitrogen and oxygen atoms in total. The SMILES string of the molecule is CNc1ncc(CO)cn1.Cc1ncsc1CCOP(=O)(O)O.O=P(O)(O)O.O=P(O)(O)O. The third-order valence-electron chi connectivity index (χ3n) is 2.54. The molecule has 0 aromatic carbocycles. The summed E-state index contributed by atoms with van der Waals surface area (Å²) >= 11 is 1.46. The molecular formula is C12H25N4O13P3S. The molecule has 2 rings (SSSR count). The Morgan fingerprint density at radius 3 is 1.70 bits per heavy atom. The number of aliphatic hydroxyl groups excluding tert-OH is 1. The minimum atomic E-state index is -4.64. The predicted molar refractivity (Wildman–Crippen MR) is 115 cm³/mol. The number of hydrogen-bond acceptors (Lipinski definition) is 10. The lowest BCUT2D eigenvalue weighted by atomic mass is 10.3. The van der Waals surface area contributed by atoms with Crippen LogP contribution in [0.4, 0.5) is 5.95 Å². The molecule has 21 heteroatoms. The Labute approximate surface area is 191 Å². The topological polar surface area (TPSA) is 293 Å². The molecule has 0 spiro atoms. The first-order valence-corrected chi connectivity index (χ1v) is 13.6. The number of nitrogens with zero attached hydrogens (tertiary/aromatic N) is 3. The van der Waals surface area contributed by atoms with Gasteiger partial charge in [0, 0.05) is 36.3 Å². The molecule has 2 aromatic heterocycles. The van der Waals surface area contributed by atoms with Gasteiger partial charge in [0.25, 0.3) is 0 Å². The number of nitrogens with one attached hydrogen (secondary N) is 1. The van der Waals surface area contributed by atoms with Gasteiger partial charge in [-0.1, -0.05) is 0 Å². The lowest BCUT2D eigenvalue weighted by Gasteiger charge is -2.03. The van der Waals surface area contributed by atoms with Crippen LogP contribution < -0.4 is 5.32 Å². The van der Waals surface area contributed by atoms with E-state index in [1.165, 1.54) is 11.3 Å². The number of phosphoric ester groups is 1. The molecule has 2 aromatic rings. The average molecular weight is 558 g/mol. The summed E-state index contributed by atoms with van der Waals surface area (Å²) in [6.07, 6.45) is 3.65. The first-order valence-electron chi connectivity index (χ1n) is 8.10. The molecule has 0 saturated carbocycles. The Morgan fingerprint density at radius 1 is 0.939 bits per heavy atom. The number of aliphatic hydroxyl groups is 1. The number of anilines is 1. The standard InChI is InChI=1S/C6H9N3O.C6H10NO4PS.2H3O4P/c1-7-6-8-2-5(4-10)3-9-6;1-5-6(13-4-7-5)2-3-11-12(8,9)10;2*1-5(2,3)4/h2-3,10H,4H2,1H3,(H,7,8,9);4H,2-3H2,1H3,(H2,8,9,10);2*(H3,1,2,3,4). The summed E-state index contributed by atoms with van der Waals surface area (Å²) in [5.41, 5.74) is 3.31. The molecule has 192 valence electrons. The minimum absolute atomic E-state index is 0.00993. The molecule has 0 amide bonds. The Bertz CT molecular complexity index is 867. The normalized spacial score (nSPS) is 11.1. The van der Waals surface area contributed by atoms with Gasteiger partial charge in [-0.2, -0.15) is 0 Å². The molecule has 10 N–H and O–H groups in total. The zero-order valence-electron chi connectivity index (χ0n) is 17.1. The van der Waals surface area contributed by atoms with Crippen LogP contribution in [0.1, 0.15) is 16.1 Å². The smallest absolute Gasteiger partial charge is 0.392 e. The third kappa shape index (κ3) is 28.8. The van der Waals surface area contributed by atoms with Crippen LogP contribution in [0.3, 0.4) is 0 Å². The predicted octanol–water partition coefficient (Wildman–Crippen LogP) is -0.743. The van der Waals surface area contributed by atoms with Gasteiger partial charge in [0.05, 0.1) is 24.4 Å². The fraction of sp³-hybridized carbons (Fsp3) is 0.417. The van der Waals surface area contributed by atoms with Gasteiger partial charge in [-0.25, -0.2) is 28.6 Å². The monoisotopic (exact) mass is 558 g/mol. The van der Waals surface area contributed by atoms with E-state index in [4.69, 9.17) is 53.4 Å². The fourth-order valence-electron chi connectivity index (χ4n) is 1.39. The van der Waals surface area contributed by atoms with Crippen molar-refractivity contribution >= 4 is 40.8 Å². The van der Waals surface area contributed by atoms with Crippen LogP contribution in [0.25, 0.3) is 0 Å². The summed E-state index contributed by atoms with van der Waals surface area (Å²) < 4.78 is 32.4. The zero-order valence-corrected chi connectivity index (χ0v) is 20.6. The van der Waals surface area contributed by atoms with Gasteiger partial charge in [0.15, 0.2) is 0 Å². The molecular weight excluding hydrogens is 533 g/mol. The molecule has 0 fully saturated rings. The first kappa shape index (κ1) is 34.0. The summed E-state index contributed by atoms with van der Waals surface area (Å²) in [5, 5.41) is 11.4. The molecule has 0 aliphatic rings. The van der Waals surface area contributed by atoms with Crippen LogP contribution in [0.5, 0.6) is 0 Å². The minimum Gasteiger partial charge on any atom is -0.392 e. The Hall–Kier alpha value is -1.20. The summed E-state index contributed by atoms with van der Waals surface area (Å²) in [4.78, 5) is 72.7. The summed E-state index contributed by atoms with van der Waals surface area (Å²) in [7, 11) is -11.8. The second kappa shape index (κ2) is 16.4. The van der Waals surface area contributed by atoms with Crippen molar-refractivity contribution in [1.29, 1.82) is 0 Å². The van der Waals surface area contributed by atoms with E-state index in [0.29, 0.717) is 12.4 Å². The highest BCUT2D eigenvalue weighted by Gasteiger charge is 2.13. The van der Waals surface area contributed by atoms with Crippen LogP contribution in [-0.4, -0.2) is 72.9 Å². The Balaban J connectivity index is 0. The largest absolute Gasteiger partial charge is 0.469 e. The Morgan fingerprint density at radius 2 is 1.39 bits per heavy atom. The number of rotatable bonds is 6. The highest BCUT2D eigenvalue weighted by Crippen LogP contribution is 2.35. The first-order chi connectivity index (χ1) is 14.9. The molecule has 0 aliphatic heterocycles. The van der Waals surface area contributed by atoms with E-state index in [1.54, 1.807) is 25.0 Å². The highest BCUT2D eigenvalue weighted by atomic mass is 32.1. The molecule has 0 unspecified atom stereocenters. The van der Waals surface area contributed by atoms with Gasteiger partial charge in [-0.15, -0.1) is 11.3 Å². The van der Waals surface area contributed by atoms with E-state index in [0.717, 1.165) is 16.1 Å². The van der Waals surface area contributed by atoms with Crippen molar-refractivity contribution < 1.29 is 62.5 Å². The second-order valence-electron chi connectivity index (χ2n) is 5.28. The van der Waals surface area contributed by atoms with E-state index in [9.17, 15) is 4.57 Å². The van der Waals surface area contributed by atoms with Crippen molar-refractivity contribution in [3.63, 3.8) is 0 Å². The van der Waals surface area contributed by atoms with E-state index in [1.807, 2.05) is 6.92 Å². The van der Waals surface area contributed by atoms with E-state index in [-0.39, 0.29) is 13.2 Å². The maximum absolute atomic E-state index is 10.3. The van der Waals surface area contributed by atoms with Crippen molar-refractivity contribution in [1.82, 2.24) is 15.0 Å². The molecule has 0 saturated heterocycles. The van der Waals surface area contributed by atoms with E-state index in [2.05, 4.69) is 24.8 Å². The van der Waals surface area contributed by atoms with E-state index >= 15 is 0 Å². The maximum Gasteiger partial charge on any atom is 0.469 e. The molecule has 33 heavy (non-hydrogen) atoms. The van der Waals surface area contributed by atoms with Crippen molar-refractivity contribution in [2.45, 2.75) is 20.0 Å². The van der Waals surface area contributed by atoms with Crippen LogP contribution in [-0.2, 0) is 31.2 Å². The maximum atomic E-state index is 10.3. The van der Waals surface area contributed by atoms with Crippen molar-refractivity contribution in [2.24, 2.45) is 0 Å². The van der Waals surface area contributed by atoms with Gasteiger partial charge < -0.3 is 49.6 Å². The van der Waals surface area contributed by atoms with Gasteiger partial charge in [0.1, 0.15) is 0 Å². The van der Waals surface area contributed by atoms with Crippen molar-refractivity contribution in [3.8, 4) is 0 Å². The zero-order chi connectivity index (χ0) is 26.3.